The van der Waals surface area contributed by atoms with Crippen LogP contribution >= 0.6 is 0 Å². The normalized spacial score (nSPS) is 15.6. The van der Waals surface area contributed by atoms with E-state index in [1.807, 2.05) is 20.8 Å². The van der Waals surface area contributed by atoms with Crippen molar-refractivity contribution in [1.29, 1.82) is 0 Å². The molecule has 7 nitrogen and oxygen atoms in total. The van der Waals surface area contributed by atoms with Crippen molar-refractivity contribution in [2.24, 2.45) is 17.8 Å². The van der Waals surface area contributed by atoms with Gasteiger partial charge in [0.15, 0.2) is 0 Å². The Morgan fingerprint density at radius 1 is 0.538 bits per heavy atom. The summed E-state index contributed by atoms with van der Waals surface area (Å²) in [5, 5.41) is 29.4. The largest absolute Gasteiger partial charge is 0.481 e. The van der Waals surface area contributed by atoms with Gasteiger partial charge >= 0.3 is 17.9 Å². The SMILES string of the molecule is CCCCCC/C=C/CCCCCCCCC[N+](CC(CC)C(=O)O)(CC(CC)C(=O)O)CC(CC)C(=O)O. The van der Waals surface area contributed by atoms with Crippen molar-refractivity contribution in [3.63, 3.8) is 0 Å². The molecule has 0 bridgehead atoms. The minimum Gasteiger partial charge on any atom is -0.481 e. The van der Waals surface area contributed by atoms with Gasteiger partial charge in [0.25, 0.3) is 0 Å². The zero-order valence-corrected chi connectivity index (χ0v) is 25.5. The monoisotopic (exact) mass is 554 g/mol. The molecule has 0 rings (SSSR count). The van der Waals surface area contributed by atoms with Crippen LogP contribution < -0.4 is 0 Å². The number of hydrogen-bond donors (Lipinski definition) is 3. The van der Waals surface area contributed by atoms with Gasteiger partial charge in [-0.25, -0.2) is 0 Å². The van der Waals surface area contributed by atoms with Crippen molar-refractivity contribution in [1.82, 2.24) is 0 Å². The maximum atomic E-state index is 12.0. The summed E-state index contributed by atoms with van der Waals surface area (Å²) in [6.45, 7) is 9.21. The van der Waals surface area contributed by atoms with Crippen molar-refractivity contribution in [2.75, 3.05) is 26.2 Å². The molecule has 0 amide bonds. The molecule has 0 aliphatic rings. The van der Waals surface area contributed by atoms with Gasteiger partial charge in [-0.15, -0.1) is 0 Å². The summed E-state index contributed by atoms with van der Waals surface area (Å²) in [6.07, 6.45) is 21.3. The second-order valence-corrected chi connectivity index (χ2v) is 11.5. The summed E-state index contributed by atoms with van der Waals surface area (Å²) < 4.78 is 0.255. The molecule has 0 spiro atoms. The number of nitrogens with zero attached hydrogens (tertiary/aromatic N) is 1. The smallest absolute Gasteiger partial charge is 0.312 e. The minimum absolute atomic E-state index is 0.255. The van der Waals surface area contributed by atoms with Crippen LogP contribution in [0.2, 0.25) is 0 Å². The van der Waals surface area contributed by atoms with Crippen LogP contribution in [0.5, 0.6) is 0 Å². The van der Waals surface area contributed by atoms with Gasteiger partial charge in [-0.05, 0) is 57.8 Å². The summed E-state index contributed by atoms with van der Waals surface area (Å²) in [5.74, 6) is -4.52. The lowest BCUT2D eigenvalue weighted by Gasteiger charge is -2.43. The molecule has 0 aromatic carbocycles. The maximum Gasteiger partial charge on any atom is 0.312 e. The molecule has 0 saturated carbocycles. The van der Waals surface area contributed by atoms with Crippen LogP contribution in [0.25, 0.3) is 0 Å². The molecular formula is C32H60NO6+. The third-order valence-electron chi connectivity index (χ3n) is 8.24. The Balaban J connectivity index is 4.97. The van der Waals surface area contributed by atoms with Crippen molar-refractivity contribution in [2.45, 2.75) is 130 Å². The minimum atomic E-state index is -0.891. The van der Waals surface area contributed by atoms with Crippen molar-refractivity contribution < 1.29 is 34.2 Å². The standard InChI is InChI=1S/C32H59NO6/c1-5-9-10-11-12-13-14-15-16-17-18-19-20-21-22-23-33(24-27(6-2)30(34)35,25-28(7-3)31(36)37)26-29(8-4)32(38)39/h13-14,27-29H,5-12,15-26H2,1-4H3,(H2-,34,35,36,37,38,39)/p+1/b14-13+. The molecule has 0 aliphatic carbocycles. The molecule has 7 heteroatoms. The summed E-state index contributed by atoms with van der Waals surface area (Å²) in [6, 6.07) is 0. The average Bonchev–Trinajstić information content (AvgIpc) is 2.90. The lowest BCUT2D eigenvalue weighted by molar-refractivity contribution is -0.935. The lowest BCUT2D eigenvalue weighted by Crippen LogP contribution is -2.58. The van der Waals surface area contributed by atoms with Gasteiger partial charge in [0.2, 0.25) is 0 Å². The Kier molecular flexibility index (Phi) is 21.8. The maximum absolute atomic E-state index is 12.0. The zero-order chi connectivity index (χ0) is 29.5. The summed E-state index contributed by atoms with van der Waals surface area (Å²) in [5.41, 5.74) is 0. The first kappa shape index (κ1) is 37.1. The molecule has 0 fully saturated rings. The molecule has 0 aromatic rings. The molecular weight excluding hydrogens is 494 g/mol. The Labute approximate surface area is 238 Å². The Bertz CT molecular complexity index is 632. The van der Waals surface area contributed by atoms with E-state index in [4.69, 9.17) is 0 Å². The molecule has 3 unspecified atom stereocenters. The Morgan fingerprint density at radius 3 is 1.21 bits per heavy atom. The van der Waals surface area contributed by atoms with Crippen LogP contribution in [0.4, 0.5) is 0 Å². The van der Waals surface area contributed by atoms with Crippen LogP contribution in [-0.2, 0) is 14.4 Å². The number of quaternary nitrogens is 1. The second kappa shape index (κ2) is 22.9. The van der Waals surface area contributed by atoms with E-state index < -0.39 is 35.7 Å². The van der Waals surface area contributed by atoms with Gasteiger partial charge in [-0.1, -0.05) is 84.8 Å². The van der Waals surface area contributed by atoms with Gasteiger partial charge in [0.1, 0.15) is 17.8 Å². The van der Waals surface area contributed by atoms with Crippen LogP contribution in [0.15, 0.2) is 12.2 Å². The fourth-order valence-corrected chi connectivity index (χ4v) is 5.56. The fourth-order valence-electron chi connectivity index (χ4n) is 5.56. The van der Waals surface area contributed by atoms with Crippen molar-refractivity contribution in [3.05, 3.63) is 12.2 Å². The lowest BCUT2D eigenvalue weighted by atomic mass is 9.95. The molecule has 228 valence electrons. The van der Waals surface area contributed by atoms with Crippen molar-refractivity contribution >= 4 is 17.9 Å². The fraction of sp³-hybridized carbons (Fsp3) is 0.844. The molecule has 0 aliphatic heterocycles. The van der Waals surface area contributed by atoms with Gasteiger partial charge in [0, 0.05) is 0 Å². The van der Waals surface area contributed by atoms with Gasteiger partial charge in [0.05, 0.1) is 26.2 Å². The van der Waals surface area contributed by atoms with E-state index in [-0.39, 0.29) is 24.1 Å². The topological polar surface area (TPSA) is 112 Å². The van der Waals surface area contributed by atoms with E-state index in [0.29, 0.717) is 25.8 Å². The highest BCUT2D eigenvalue weighted by Crippen LogP contribution is 2.25. The second-order valence-electron chi connectivity index (χ2n) is 11.5. The van der Waals surface area contributed by atoms with Crippen LogP contribution in [-0.4, -0.2) is 63.9 Å². The predicted octanol–water partition coefficient (Wildman–Crippen LogP) is 7.78. The van der Waals surface area contributed by atoms with E-state index >= 15 is 0 Å². The number of allylic oxidation sites excluding steroid dienone is 2. The number of rotatable bonds is 27. The molecule has 0 heterocycles. The van der Waals surface area contributed by atoms with Crippen LogP contribution in [0, 0.1) is 17.8 Å². The predicted molar refractivity (Wildman–Crippen MR) is 159 cm³/mol. The highest BCUT2D eigenvalue weighted by molar-refractivity contribution is 5.71. The third-order valence-corrected chi connectivity index (χ3v) is 8.24. The first-order valence-corrected chi connectivity index (χ1v) is 15.8. The average molecular weight is 555 g/mol. The number of unbranched alkanes of at least 4 members (excludes halogenated alkanes) is 11. The first-order valence-electron chi connectivity index (χ1n) is 15.8. The number of hydrogen-bond acceptors (Lipinski definition) is 3. The van der Waals surface area contributed by atoms with Crippen molar-refractivity contribution in [3.8, 4) is 0 Å². The summed E-state index contributed by atoms with van der Waals surface area (Å²) in [4.78, 5) is 35.9. The summed E-state index contributed by atoms with van der Waals surface area (Å²) in [7, 11) is 0. The van der Waals surface area contributed by atoms with E-state index in [1.54, 1.807) is 0 Å². The number of carbonyl (C=O) groups is 3. The number of aliphatic carboxylic acids is 3. The molecule has 0 radical (unpaired) electrons. The van der Waals surface area contributed by atoms with Crippen LogP contribution in [0.1, 0.15) is 130 Å². The number of carboxylic acid groups (broad SMARTS) is 3. The highest BCUT2D eigenvalue weighted by Gasteiger charge is 2.40. The van der Waals surface area contributed by atoms with Gasteiger partial charge < -0.3 is 19.8 Å². The number of carboxylic acids is 3. The molecule has 3 atom stereocenters. The zero-order valence-electron chi connectivity index (χ0n) is 25.5. The van der Waals surface area contributed by atoms with E-state index in [1.165, 1.54) is 51.4 Å². The third kappa shape index (κ3) is 17.4. The molecule has 0 aromatic heterocycles. The molecule has 0 saturated heterocycles. The molecule has 3 N–H and O–H groups in total. The van der Waals surface area contributed by atoms with Gasteiger partial charge in [-0.2, -0.15) is 0 Å². The Hall–Kier alpha value is -1.89. The van der Waals surface area contributed by atoms with Crippen LogP contribution in [0.3, 0.4) is 0 Å². The van der Waals surface area contributed by atoms with E-state index in [2.05, 4.69) is 19.1 Å². The quantitative estimate of drug-likeness (QED) is 0.0543. The molecule has 39 heavy (non-hydrogen) atoms. The summed E-state index contributed by atoms with van der Waals surface area (Å²) >= 11 is 0. The first-order chi connectivity index (χ1) is 18.7. The van der Waals surface area contributed by atoms with E-state index in [9.17, 15) is 29.7 Å². The van der Waals surface area contributed by atoms with E-state index in [0.717, 1.165) is 32.1 Å². The Morgan fingerprint density at radius 2 is 0.872 bits per heavy atom. The highest BCUT2D eigenvalue weighted by atomic mass is 16.4. The van der Waals surface area contributed by atoms with Gasteiger partial charge in [-0.3, -0.25) is 14.4 Å².